The maximum Gasteiger partial charge on any atom is 0.253 e. The van der Waals surface area contributed by atoms with E-state index in [1.165, 1.54) is 4.90 Å². The van der Waals surface area contributed by atoms with Crippen LogP contribution >= 0.6 is 0 Å². The number of likely N-dealkylation sites (tertiary alicyclic amines) is 1. The first kappa shape index (κ1) is 21.6. The highest BCUT2D eigenvalue weighted by atomic mass is 16.2. The van der Waals surface area contributed by atoms with Crippen LogP contribution in [0.5, 0.6) is 0 Å². The van der Waals surface area contributed by atoms with Gasteiger partial charge in [-0.15, -0.1) is 6.58 Å². The van der Waals surface area contributed by atoms with Gasteiger partial charge in [0.1, 0.15) is 5.54 Å². The Balaban J connectivity index is 1.61. The van der Waals surface area contributed by atoms with E-state index in [9.17, 15) is 14.4 Å². The maximum atomic E-state index is 14.0. The molecule has 33 heavy (non-hydrogen) atoms. The first-order chi connectivity index (χ1) is 16.0. The van der Waals surface area contributed by atoms with Crippen LogP contribution in [0.3, 0.4) is 0 Å². The lowest BCUT2D eigenvalue weighted by atomic mass is 9.76. The Labute approximate surface area is 194 Å². The normalized spacial score (nSPS) is 28.0. The van der Waals surface area contributed by atoms with E-state index in [1.54, 1.807) is 11.0 Å². The number of anilines is 1. The molecule has 0 aliphatic carbocycles. The van der Waals surface area contributed by atoms with E-state index in [-0.39, 0.29) is 30.3 Å². The number of nitrogens with one attached hydrogen (secondary N) is 1. The van der Waals surface area contributed by atoms with Gasteiger partial charge < -0.3 is 4.90 Å². The molecular weight excluding hydrogens is 414 g/mol. The molecule has 6 heteroatoms. The van der Waals surface area contributed by atoms with Gasteiger partial charge in [-0.3, -0.25) is 24.6 Å². The van der Waals surface area contributed by atoms with Crippen molar-refractivity contribution in [3.05, 3.63) is 78.4 Å². The van der Waals surface area contributed by atoms with Gasteiger partial charge >= 0.3 is 0 Å². The molecule has 0 radical (unpaired) electrons. The van der Waals surface area contributed by atoms with Crippen molar-refractivity contribution in [2.75, 3.05) is 11.4 Å². The van der Waals surface area contributed by atoms with Crippen LogP contribution in [0.2, 0.25) is 0 Å². The van der Waals surface area contributed by atoms with Crippen molar-refractivity contribution in [2.45, 2.75) is 44.3 Å². The highest BCUT2D eigenvalue weighted by Crippen LogP contribution is 2.55. The molecule has 3 heterocycles. The molecule has 6 nitrogen and oxygen atoms in total. The zero-order valence-corrected chi connectivity index (χ0v) is 18.9. The second-order valence-corrected chi connectivity index (χ2v) is 9.17. The molecule has 2 fully saturated rings. The first-order valence-corrected chi connectivity index (χ1v) is 11.7. The number of hydrogen-bond donors (Lipinski definition) is 1. The molecule has 4 atom stereocenters. The van der Waals surface area contributed by atoms with Crippen molar-refractivity contribution >= 4 is 23.4 Å². The third-order valence-electron chi connectivity index (χ3n) is 7.32. The Hall–Kier alpha value is -3.25. The van der Waals surface area contributed by atoms with Gasteiger partial charge in [0.05, 0.1) is 18.4 Å². The Kier molecular flexibility index (Phi) is 5.41. The van der Waals surface area contributed by atoms with Crippen LogP contribution in [0.15, 0.2) is 67.3 Å². The molecule has 170 valence electrons. The highest BCUT2D eigenvalue weighted by molar-refractivity contribution is 6.16. The van der Waals surface area contributed by atoms with Crippen LogP contribution in [-0.4, -0.2) is 35.2 Å². The van der Waals surface area contributed by atoms with Crippen LogP contribution in [0, 0.1) is 11.8 Å². The average Bonchev–Trinajstić information content (AvgIpc) is 3.39. The summed E-state index contributed by atoms with van der Waals surface area (Å²) >= 11 is 0. The summed E-state index contributed by atoms with van der Waals surface area (Å²) in [5.74, 6) is -1.90. The predicted octanol–water partition coefficient (Wildman–Crippen LogP) is 3.38. The number of carbonyl (C=O) groups excluding carboxylic acids is 3. The van der Waals surface area contributed by atoms with Gasteiger partial charge in [0, 0.05) is 23.8 Å². The summed E-state index contributed by atoms with van der Waals surface area (Å²) in [7, 11) is 0. The van der Waals surface area contributed by atoms with Crippen LogP contribution in [0.1, 0.15) is 37.3 Å². The average molecular weight is 444 g/mol. The van der Waals surface area contributed by atoms with Gasteiger partial charge in [-0.25, -0.2) is 0 Å². The molecule has 2 saturated heterocycles. The number of unbranched alkanes of at least 4 members (excludes halogenated alkanes) is 1. The number of rotatable bonds is 7. The highest BCUT2D eigenvalue weighted by Gasteiger charge is 2.71. The third-order valence-corrected chi connectivity index (χ3v) is 7.32. The summed E-state index contributed by atoms with van der Waals surface area (Å²) in [5.41, 5.74) is 1.25. The van der Waals surface area contributed by atoms with E-state index >= 15 is 0 Å². The topological polar surface area (TPSA) is 69.7 Å². The molecule has 0 unspecified atom stereocenters. The zero-order chi connectivity index (χ0) is 23.2. The second kappa shape index (κ2) is 8.27. The molecule has 0 saturated carbocycles. The number of para-hydroxylation sites is 1. The lowest BCUT2D eigenvalue weighted by Crippen LogP contribution is -2.55. The van der Waals surface area contributed by atoms with E-state index < -0.39 is 17.4 Å². The second-order valence-electron chi connectivity index (χ2n) is 9.17. The Morgan fingerprint density at radius 2 is 1.73 bits per heavy atom. The SMILES string of the molecule is C=CCN1C(=O)[C@]2(N[C@@H](CCCC)[C@@H]3C(=O)N(Cc4ccccc4)C(=O)[C@H]32)c2ccccc21. The van der Waals surface area contributed by atoms with Crippen LogP contribution in [0.4, 0.5) is 5.69 Å². The van der Waals surface area contributed by atoms with Gasteiger partial charge in [0.15, 0.2) is 0 Å². The molecule has 3 aliphatic heterocycles. The minimum absolute atomic E-state index is 0.166. The number of benzene rings is 2. The third kappa shape index (κ3) is 3.08. The van der Waals surface area contributed by atoms with Crippen molar-refractivity contribution in [1.82, 2.24) is 10.2 Å². The summed E-state index contributed by atoms with van der Waals surface area (Å²) in [6, 6.07) is 16.9. The number of carbonyl (C=O) groups is 3. The van der Waals surface area contributed by atoms with Crippen molar-refractivity contribution in [1.29, 1.82) is 0 Å². The summed E-state index contributed by atoms with van der Waals surface area (Å²) in [4.78, 5) is 44.6. The van der Waals surface area contributed by atoms with E-state index in [1.807, 2.05) is 54.6 Å². The minimum atomic E-state index is -1.22. The Bertz CT molecular complexity index is 1110. The summed E-state index contributed by atoms with van der Waals surface area (Å²) < 4.78 is 0. The van der Waals surface area contributed by atoms with E-state index in [0.29, 0.717) is 6.54 Å². The number of fused-ring (bicyclic) bond motifs is 4. The van der Waals surface area contributed by atoms with Crippen molar-refractivity contribution in [2.24, 2.45) is 11.8 Å². The predicted molar refractivity (Wildman–Crippen MR) is 126 cm³/mol. The Morgan fingerprint density at radius 1 is 1.00 bits per heavy atom. The van der Waals surface area contributed by atoms with Gasteiger partial charge in [0.2, 0.25) is 11.8 Å². The number of nitrogens with zero attached hydrogens (tertiary/aromatic N) is 2. The van der Waals surface area contributed by atoms with Gasteiger partial charge in [-0.1, -0.05) is 74.4 Å². The van der Waals surface area contributed by atoms with Crippen molar-refractivity contribution < 1.29 is 14.4 Å². The van der Waals surface area contributed by atoms with Crippen molar-refractivity contribution in [3.8, 4) is 0 Å². The molecule has 2 aromatic carbocycles. The molecular formula is C27H29N3O3. The fraction of sp³-hybridized carbons (Fsp3) is 0.370. The standard InChI is InChI=1S/C27H29N3O3/c1-3-5-14-20-22-23(25(32)30(24(22)31)17-18-11-7-6-8-12-18)27(28-20)19-13-9-10-15-21(19)29(16-4-2)26(27)33/h4,6-13,15,20,22-23,28H,2-3,5,14,16-17H2,1H3/t20-,22-,23-,27-/m0/s1. The quantitative estimate of drug-likeness (QED) is 0.526. The molecule has 5 rings (SSSR count). The lowest BCUT2D eigenvalue weighted by Gasteiger charge is -2.30. The fourth-order valence-electron chi connectivity index (χ4n) is 5.91. The first-order valence-electron chi connectivity index (χ1n) is 11.7. The van der Waals surface area contributed by atoms with Crippen LogP contribution in [-0.2, 0) is 26.5 Å². The number of amides is 3. The summed E-state index contributed by atoms with van der Waals surface area (Å²) in [6.45, 7) is 6.50. The lowest BCUT2D eigenvalue weighted by molar-refractivity contribution is -0.143. The van der Waals surface area contributed by atoms with E-state index in [4.69, 9.17) is 0 Å². The van der Waals surface area contributed by atoms with Gasteiger partial charge in [-0.05, 0) is 18.1 Å². The molecule has 2 aromatic rings. The largest absolute Gasteiger partial charge is 0.306 e. The van der Waals surface area contributed by atoms with Gasteiger partial charge in [0.25, 0.3) is 5.91 Å². The smallest absolute Gasteiger partial charge is 0.253 e. The monoisotopic (exact) mass is 443 g/mol. The van der Waals surface area contributed by atoms with Crippen LogP contribution in [0.25, 0.3) is 0 Å². The maximum absolute atomic E-state index is 14.0. The molecule has 0 aromatic heterocycles. The number of hydrogen-bond acceptors (Lipinski definition) is 4. The minimum Gasteiger partial charge on any atom is -0.306 e. The van der Waals surface area contributed by atoms with E-state index in [2.05, 4.69) is 18.8 Å². The molecule has 3 aliphatic rings. The zero-order valence-electron chi connectivity index (χ0n) is 18.9. The van der Waals surface area contributed by atoms with Gasteiger partial charge in [-0.2, -0.15) is 0 Å². The Morgan fingerprint density at radius 3 is 2.45 bits per heavy atom. The van der Waals surface area contributed by atoms with E-state index in [0.717, 1.165) is 36.1 Å². The van der Waals surface area contributed by atoms with Crippen LogP contribution < -0.4 is 10.2 Å². The number of imide groups is 1. The summed E-state index contributed by atoms with van der Waals surface area (Å²) in [6.07, 6.45) is 4.33. The molecule has 1 spiro atoms. The fourth-order valence-corrected chi connectivity index (χ4v) is 5.91. The molecule has 3 amide bonds. The molecule has 1 N–H and O–H groups in total. The van der Waals surface area contributed by atoms with Crippen molar-refractivity contribution in [3.63, 3.8) is 0 Å². The summed E-state index contributed by atoms with van der Waals surface area (Å²) in [5, 5.41) is 3.55. The molecule has 0 bridgehead atoms.